The van der Waals surface area contributed by atoms with Gasteiger partial charge in [-0.2, -0.15) is 4.98 Å². The number of hydrogen-bond acceptors (Lipinski definition) is 7. The molecule has 0 aliphatic heterocycles. The number of pyridine rings is 1. The van der Waals surface area contributed by atoms with Crippen LogP contribution in [0.25, 0.3) is 0 Å². The standard InChI is InChI=1S/C24H24FN5O4/c25-16-9-7-15(8-10-16)14-27-21(33)18-19(31)22(34)29-23(28-18)24(11-3-1-4-12-24)30-20(32)17-6-2-5-13-26-17/h2,5-10,13,31H,1,3-4,11-12,14H2,(H,27,33)(H,30,32)(H,28,29,34). The van der Waals surface area contributed by atoms with Gasteiger partial charge in [-0.3, -0.25) is 14.6 Å². The van der Waals surface area contributed by atoms with E-state index in [1.165, 1.54) is 30.5 Å². The van der Waals surface area contributed by atoms with Gasteiger partial charge in [-0.1, -0.05) is 37.5 Å². The van der Waals surface area contributed by atoms with Crippen molar-refractivity contribution >= 4 is 11.8 Å². The van der Waals surface area contributed by atoms with Crippen LogP contribution in [0.4, 0.5) is 4.39 Å². The Labute approximate surface area is 195 Å². The van der Waals surface area contributed by atoms with Gasteiger partial charge < -0.3 is 20.8 Å². The van der Waals surface area contributed by atoms with Crippen LogP contribution >= 0.6 is 0 Å². The first-order valence-electron chi connectivity index (χ1n) is 10.9. The van der Waals surface area contributed by atoms with Gasteiger partial charge in [0.25, 0.3) is 17.7 Å². The summed E-state index contributed by atoms with van der Waals surface area (Å²) in [5.74, 6) is -3.05. The topological polar surface area (TPSA) is 137 Å². The van der Waals surface area contributed by atoms with Crippen LogP contribution in [0.1, 0.15) is 64.5 Å². The molecule has 0 bridgehead atoms. The SMILES string of the molecule is O=C(NC1(c2nc(O)c(O)c(C(=O)NCc3ccc(F)cc3)n2)CCCCC1)c1ccccn1. The predicted octanol–water partition coefficient (Wildman–Crippen LogP) is 2.94. The maximum absolute atomic E-state index is 13.1. The Kier molecular flexibility index (Phi) is 6.67. The molecule has 1 aromatic carbocycles. The van der Waals surface area contributed by atoms with E-state index in [2.05, 4.69) is 25.6 Å². The first-order valence-corrected chi connectivity index (χ1v) is 10.9. The molecule has 9 nitrogen and oxygen atoms in total. The molecular weight excluding hydrogens is 441 g/mol. The summed E-state index contributed by atoms with van der Waals surface area (Å²) in [6.07, 6.45) is 5.00. The number of nitrogens with zero attached hydrogens (tertiary/aromatic N) is 3. The van der Waals surface area contributed by atoms with Crippen LogP contribution in [0.5, 0.6) is 11.6 Å². The van der Waals surface area contributed by atoms with E-state index in [1.54, 1.807) is 18.2 Å². The van der Waals surface area contributed by atoms with Crippen LogP contribution in [0.2, 0.25) is 0 Å². The minimum Gasteiger partial charge on any atom is -0.501 e. The minimum atomic E-state index is -1.04. The molecule has 4 N–H and O–H groups in total. The summed E-state index contributed by atoms with van der Waals surface area (Å²) in [5.41, 5.74) is -0.599. The van der Waals surface area contributed by atoms with Gasteiger partial charge in [0.1, 0.15) is 17.1 Å². The van der Waals surface area contributed by atoms with Crippen molar-refractivity contribution in [3.8, 4) is 11.6 Å². The first kappa shape index (κ1) is 23.1. The zero-order valence-electron chi connectivity index (χ0n) is 18.3. The van der Waals surface area contributed by atoms with Gasteiger partial charge >= 0.3 is 0 Å². The highest BCUT2D eigenvalue weighted by atomic mass is 19.1. The highest BCUT2D eigenvalue weighted by Crippen LogP contribution is 2.38. The van der Waals surface area contributed by atoms with E-state index in [1.807, 2.05) is 0 Å². The normalized spacial score (nSPS) is 14.9. The van der Waals surface area contributed by atoms with E-state index >= 15 is 0 Å². The number of hydrogen-bond donors (Lipinski definition) is 4. The second-order valence-electron chi connectivity index (χ2n) is 8.19. The third-order valence-corrected chi connectivity index (χ3v) is 5.83. The van der Waals surface area contributed by atoms with Gasteiger partial charge in [-0.25, -0.2) is 9.37 Å². The molecule has 3 aromatic rings. The van der Waals surface area contributed by atoms with Crippen LogP contribution in [-0.4, -0.2) is 37.0 Å². The molecular formula is C24H24FN5O4. The van der Waals surface area contributed by atoms with Crippen LogP contribution in [0, 0.1) is 5.82 Å². The smallest absolute Gasteiger partial charge is 0.274 e. The van der Waals surface area contributed by atoms with Crippen LogP contribution in [0.15, 0.2) is 48.7 Å². The quantitative estimate of drug-likeness (QED) is 0.439. The highest BCUT2D eigenvalue weighted by Gasteiger charge is 2.40. The summed E-state index contributed by atoms with van der Waals surface area (Å²) in [7, 11) is 0. The monoisotopic (exact) mass is 465 g/mol. The largest absolute Gasteiger partial charge is 0.501 e. The molecule has 176 valence electrons. The lowest BCUT2D eigenvalue weighted by Crippen LogP contribution is -2.49. The van der Waals surface area contributed by atoms with Crippen molar-refractivity contribution in [3.05, 3.63) is 77.3 Å². The average molecular weight is 465 g/mol. The lowest BCUT2D eigenvalue weighted by molar-refractivity contribution is 0.0851. The number of benzene rings is 1. The molecule has 0 saturated heterocycles. The zero-order chi connectivity index (χ0) is 24.1. The summed E-state index contributed by atoms with van der Waals surface area (Å²) in [5, 5.41) is 26.1. The van der Waals surface area contributed by atoms with Gasteiger partial charge in [0.15, 0.2) is 11.5 Å². The van der Waals surface area contributed by atoms with E-state index in [9.17, 15) is 24.2 Å². The third-order valence-electron chi connectivity index (χ3n) is 5.83. The Morgan fingerprint density at radius 3 is 2.38 bits per heavy atom. The molecule has 1 saturated carbocycles. The minimum absolute atomic E-state index is 0.0405. The number of aromatic hydroxyl groups is 2. The van der Waals surface area contributed by atoms with Crippen molar-refractivity contribution in [1.29, 1.82) is 0 Å². The molecule has 34 heavy (non-hydrogen) atoms. The summed E-state index contributed by atoms with van der Waals surface area (Å²) in [6, 6.07) is 10.5. The molecule has 4 rings (SSSR count). The van der Waals surface area contributed by atoms with Gasteiger partial charge in [0, 0.05) is 12.7 Å². The van der Waals surface area contributed by atoms with E-state index in [4.69, 9.17) is 0 Å². The lowest BCUT2D eigenvalue weighted by atomic mass is 9.80. The number of nitrogens with one attached hydrogen (secondary N) is 2. The average Bonchev–Trinajstić information content (AvgIpc) is 2.86. The third kappa shape index (κ3) is 4.95. The molecule has 0 spiro atoms. The molecule has 2 amide bonds. The summed E-state index contributed by atoms with van der Waals surface area (Å²) in [4.78, 5) is 38.1. The molecule has 1 aliphatic carbocycles. The molecule has 10 heteroatoms. The van der Waals surface area contributed by atoms with Crippen LogP contribution < -0.4 is 10.6 Å². The number of aromatic nitrogens is 3. The number of halogens is 1. The Hall–Kier alpha value is -4.08. The van der Waals surface area contributed by atoms with Crippen molar-refractivity contribution in [2.24, 2.45) is 0 Å². The Morgan fingerprint density at radius 2 is 1.71 bits per heavy atom. The molecule has 0 radical (unpaired) electrons. The number of amides is 2. The maximum atomic E-state index is 13.1. The predicted molar refractivity (Wildman–Crippen MR) is 119 cm³/mol. The van der Waals surface area contributed by atoms with Crippen molar-refractivity contribution in [2.45, 2.75) is 44.2 Å². The number of rotatable bonds is 6. The van der Waals surface area contributed by atoms with Crippen molar-refractivity contribution in [2.75, 3.05) is 0 Å². The Morgan fingerprint density at radius 1 is 0.971 bits per heavy atom. The molecule has 0 unspecified atom stereocenters. The lowest BCUT2D eigenvalue weighted by Gasteiger charge is -2.36. The van der Waals surface area contributed by atoms with Crippen molar-refractivity contribution < 1.29 is 24.2 Å². The molecule has 1 aliphatic rings. The first-order chi connectivity index (χ1) is 16.4. The van der Waals surface area contributed by atoms with E-state index in [0.717, 1.165) is 19.3 Å². The molecule has 0 atom stereocenters. The Balaban J connectivity index is 1.62. The fraction of sp³-hybridized carbons (Fsp3) is 0.292. The van der Waals surface area contributed by atoms with E-state index < -0.39 is 40.5 Å². The van der Waals surface area contributed by atoms with Gasteiger partial charge in [0.2, 0.25) is 5.75 Å². The van der Waals surface area contributed by atoms with Crippen LogP contribution in [-0.2, 0) is 12.1 Å². The second-order valence-corrected chi connectivity index (χ2v) is 8.19. The maximum Gasteiger partial charge on any atom is 0.274 e. The zero-order valence-corrected chi connectivity index (χ0v) is 18.3. The van der Waals surface area contributed by atoms with E-state index in [0.29, 0.717) is 18.4 Å². The van der Waals surface area contributed by atoms with E-state index in [-0.39, 0.29) is 18.1 Å². The molecule has 1 fully saturated rings. The Bertz CT molecular complexity index is 1180. The fourth-order valence-corrected chi connectivity index (χ4v) is 4.02. The van der Waals surface area contributed by atoms with Gasteiger partial charge in [-0.15, -0.1) is 0 Å². The molecule has 2 heterocycles. The fourth-order valence-electron chi connectivity index (χ4n) is 4.02. The van der Waals surface area contributed by atoms with Gasteiger partial charge in [-0.05, 0) is 42.7 Å². The summed E-state index contributed by atoms with van der Waals surface area (Å²) >= 11 is 0. The van der Waals surface area contributed by atoms with Gasteiger partial charge in [0.05, 0.1) is 0 Å². The summed E-state index contributed by atoms with van der Waals surface area (Å²) in [6.45, 7) is 0.0558. The number of carbonyl (C=O) groups excluding carboxylic acids is 2. The van der Waals surface area contributed by atoms with Crippen LogP contribution in [0.3, 0.4) is 0 Å². The number of carbonyl (C=O) groups is 2. The highest BCUT2D eigenvalue weighted by molar-refractivity contribution is 5.95. The molecule has 2 aromatic heterocycles. The van der Waals surface area contributed by atoms with Crippen molar-refractivity contribution in [3.63, 3.8) is 0 Å². The van der Waals surface area contributed by atoms with Crippen molar-refractivity contribution in [1.82, 2.24) is 25.6 Å². The summed E-state index contributed by atoms with van der Waals surface area (Å²) < 4.78 is 13.1. The second kappa shape index (κ2) is 9.82.